The second-order valence-corrected chi connectivity index (χ2v) is 6.38. The molecule has 0 radical (unpaired) electrons. The Kier molecular flexibility index (Phi) is 3.89. The number of ketones is 1. The van der Waals surface area contributed by atoms with Crippen molar-refractivity contribution >= 4 is 22.6 Å². The summed E-state index contributed by atoms with van der Waals surface area (Å²) in [7, 11) is 1.58. The maximum absolute atomic E-state index is 13.4. The minimum atomic E-state index is -2.67. The molecule has 1 fully saturated rings. The van der Waals surface area contributed by atoms with E-state index >= 15 is 0 Å². The first-order valence-corrected chi connectivity index (χ1v) is 7.85. The standard InChI is InChI=1S/C17H19F2N3O2/c1-10-8-12(11(2)23)14-13(9-10)15(24)21(3)16(20-14)22-6-4-17(18,19)5-7-22/h8-9H,4-7H2,1-3H3. The Balaban J connectivity index is 2.18. The van der Waals surface area contributed by atoms with Crippen LogP contribution in [0.1, 0.15) is 35.7 Å². The summed E-state index contributed by atoms with van der Waals surface area (Å²) in [5, 5.41) is 0.369. The average molecular weight is 335 g/mol. The highest BCUT2D eigenvalue weighted by atomic mass is 19.3. The zero-order valence-corrected chi connectivity index (χ0v) is 13.9. The number of aryl methyl sites for hydroxylation is 1. The molecule has 0 aliphatic carbocycles. The number of nitrogens with zero attached hydrogens (tertiary/aromatic N) is 3. The molecule has 7 heteroatoms. The normalized spacial score (nSPS) is 17.3. The quantitative estimate of drug-likeness (QED) is 0.792. The molecule has 0 bridgehead atoms. The van der Waals surface area contributed by atoms with Crippen LogP contribution in [0.25, 0.3) is 10.9 Å². The number of benzene rings is 1. The number of piperidine rings is 1. The van der Waals surface area contributed by atoms with E-state index in [9.17, 15) is 18.4 Å². The molecule has 1 aliphatic heterocycles. The van der Waals surface area contributed by atoms with E-state index in [0.29, 0.717) is 22.4 Å². The van der Waals surface area contributed by atoms with E-state index in [4.69, 9.17) is 0 Å². The molecular weight excluding hydrogens is 316 g/mol. The van der Waals surface area contributed by atoms with Gasteiger partial charge in [0.25, 0.3) is 11.5 Å². The van der Waals surface area contributed by atoms with Crippen LogP contribution in [0.4, 0.5) is 14.7 Å². The molecule has 3 rings (SSSR count). The predicted octanol–water partition coefficient (Wildman–Crippen LogP) is 2.68. The Bertz CT molecular complexity index is 880. The zero-order chi connectivity index (χ0) is 17.6. The first kappa shape index (κ1) is 16.5. The number of Topliss-reactive ketones (excluding diaryl/α,β-unsaturated/α-hetero) is 1. The maximum Gasteiger partial charge on any atom is 0.262 e. The van der Waals surface area contributed by atoms with Crippen molar-refractivity contribution in [2.24, 2.45) is 7.05 Å². The van der Waals surface area contributed by atoms with Crippen LogP contribution < -0.4 is 10.5 Å². The Morgan fingerprint density at radius 2 is 1.88 bits per heavy atom. The van der Waals surface area contributed by atoms with Gasteiger partial charge in [-0.25, -0.2) is 13.8 Å². The largest absolute Gasteiger partial charge is 0.342 e. The van der Waals surface area contributed by atoms with Crippen molar-refractivity contribution < 1.29 is 13.6 Å². The molecule has 1 saturated heterocycles. The fourth-order valence-electron chi connectivity index (χ4n) is 3.09. The summed E-state index contributed by atoms with van der Waals surface area (Å²) < 4.78 is 28.1. The van der Waals surface area contributed by atoms with Crippen molar-refractivity contribution in [3.63, 3.8) is 0 Å². The Morgan fingerprint density at radius 1 is 1.25 bits per heavy atom. The van der Waals surface area contributed by atoms with Gasteiger partial charge >= 0.3 is 0 Å². The molecule has 0 unspecified atom stereocenters. The maximum atomic E-state index is 13.4. The summed E-state index contributed by atoms with van der Waals surface area (Å²) in [6, 6.07) is 3.40. The third-order valence-corrected chi connectivity index (χ3v) is 4.46. The van der Waals surface area contributed by atoms with Crippen LogP contribution in [-0.4, -0.2) is 34.3 Å². The van der Waals surface area contributed by atoms with Crippen molar-refractivity contribution in [1.29, 1.82) is 0 Å². The molecule has 24 heavy (non-hydrogen) atoms. The third-order valence-electron chi connectivity index (χ3n) is 4.46. The molecule has 1 aromatic heterocycles. The van der Waals surface area contributed by atoms with Gasteiger partial charge in [-0.1, -0.05) is 0 Å². The Labute approximate surface area is 137 Å². The molecule has 2 aromatic rings. The summed E-state index contributed by atoms with van der Waals surface area (Å²) in [5.74, 6) is -2.52. The lowest BCUT2D eigenvalue weighted by molar-refractivity contribution is -0.0223. The number of rotatable bonds is 2. The van der Waals surface area contributed by atoms with E-state index < -0.39 is 5.92 Å². The van der Waals surface area contributed by atoms with Crippen LogP contribution in [0.3, 0.4) is 0 Å². The third kappa shape index (κ3) is 2.79. The highest BCUT2D eigenvalue weighted by molar-refractivity contribution is 6.05. The lowest BCUT2D eigenvalue weighted by Gasteiger charge is -2.33. The van der Waals surface area contributed by atoms with Crippen LogP contribution in [0.15, 0.2) is 16.9 Å². The number of hydrogen-bond acceptors (Lipinski definition) is 4. The highest BCUT2D eigenvalue weighted by Crippen LogP contribution is 2.30. The molecular formula is C17H19F2N3O2. The van der Waals surface area contributed by atoms with Gasteiger partial charge in [0.15, 0.2) is 5.78 Å². The van der Waals surface area contributed by atoms with Crippen molar-refractivity contribution in [3.8, 4) is 0 Å². The lowest BCUT2D eigenvalue weighted by Crippen LogP contribution is -2.42. The number of aromatic nitrogens is 2. The van der Waals surface area contributed by atoms with E-state index in [1.165, 1.54) is 11.5 Å². The van der Waals surface area contributed by atoms with E-state index in [0.717, 1.165) is 5.56 Å². The predicted molar refractivity (Wildman–Crippen MR) is 88.1 cm³/mol. The van der Waals surface area contributed by atoms with Gasteiger partial charge in [-0.05, 0) is 31.5 Å². The second-order valence-electron chi connectivity index (χ2n) is 6.38. The molecule has 128 valence electrons. The van der Waals surface area contributed by atoms with Gasteiger partial charge in [0.1, 0.15) is 0 Å². The van der Waals surface area contributed by atoms with Gasteiger partial charge in [0, 0.05) is 38.5 Å². The fourth-order valence-corrected chi connectivity index (χ4v) is 3.09. The molecule has 1 aromatic carbocycles. The number of alkyl halides is 2. The monoisotopic (exact) mass is 335 g/mol. The Hall–Kier alpha value is -2.31. The van der Waals surface area contributed by atoms with Gasteiger partial charge < -0.3 is 4.90 Å². The van der Waals surface area contributed by atoms with Crippen LogP contribution in [0.5, 0.6) is 0 Å². The van der Waals surface area contributed by atoms with Gasteiger partial charge in [0.2, 0.25) is 5.95 Å². The molecule has 2 heterocycles. The SMILES string of the molecule is CC(=O)c1cc(C)cc2c(=O)n(C)c(N3CCC(F)(F)CC3)nc12. The van der Waals surface area contributed by atoms with E-state index in [2.05, 4.69) is 4.98 Å². The molecule has 5 nitrogen and oxygen atoms in total. The van der Waals surface area contributed by atoms with Crippen molar-refractivity contribution in [2.45, 2.75) is 32.6 Å². The van der Waals surface area contributed by atoms with Gasteiger partial charge in [-0.15, -0.1) is 0 Å². The number of fused-ring (bicyclic) bond motifs is 1. The zero-order valence-electron chi connectivity index (χ0n) is 13.9. The molecule has 0 N–H and O–H groups in total. The smallest absolute Gasteiger partial charge is 0.262 e. The minimum absolute atomic E-state index is 0.125. The minimum Gasteiger partial charge on any atom is -0.342 e. The molecule has 0 spiro atoms. The summed E-state index contributed by atoms with van der Waals surface area (Å²) in [6.45, 7) is 3.49. The summed E-state index contributed by atoms with van der Waals surface area (Å²) in [5.41, 5.74) is 1.24. The van der Waals surface area contributed by atoms with Gasteiger partial charge in [-0.2, -0.15) is 0 Å². The number of hydrogen-bond donors (Lipinski definition) is 0. The van der Waals surface area contributed by atoms with E-state index in [-0.39, 0.29) is 37.3 Å². The van der Waals surface area contributed by atoms with E-state index in [1.54, 1.807) is 24.1 Å². The van der Waals surface area contributed by atoms with Crippen LogP contribution in [-0.2, 0) is 7.05 Å². The first-order valence-electron chi connectivity index (χ1n) is 7.85. The number of carbonyl (C=O) groups excluding carboxylic acids is 1. The molecule has 0 atom stereocenters. The second kappa shape index (κ2) is 5.65. The van der Waals surface area contributed by atoms with Gasteiger partial charge in [-0.3, -0.25) is 14.2 Å². The number of carbonyl (C=O) groups is 1. The summed E-state index contributed by atoms with van der Waals surface area (Å²) in [6.07, 6.45) is -0.539. The van der Waals surface area contributed by atoms with Gasteiger partial charge in [0.05, 0.1) is 10.9 Å². The average Bonchev–Trinajstić information content (AvgIpc) is 2.51. The highest BCUT2D eigenvalue weighted by Gasteiger charge is 2.35. The van der Waals surface area contributed by atoms with Crippen molar-refractivity contribution in [1.82, 2.24) is 9.55 Å². The molecule has 0 amide bonds. The summed E-state index contributed by atoms with van der Waals surface area (Å²) >= 11 is 0. The van der Waals surface area contributed by atoms with Crippen molar-refractivity contribution in [3.05, 3.63) is 33.6 Å². The lowest BCUT2D eigenvalue weighted by atomic mass is 10.0. The van der Waals surface area contributed by atoms with Crippen LogP contribution >= 0.6 is 0 Å². The van der Waals surface area contributed by atoms with Crippen molar-refractivity contribution in [2.75, 3.05) is 18.0 Å². The van der Waals surface area contributed by atoms with E-state index in [1.807, 2.05) is 6.92 Å². The first-order chi connectivity index (χ1) is 11.2. The topological polar surface area (TPSA) is 55.2 Å². The Morgan fingerprint density at radius 3 is 2.46 bits per heavy atom. The number of halogens is 2. The summed E-state index contributed by atoms with van der Waals surface area (Å²) in [4.78, 5) is 30.8. The fraction of sp³-hybridized carbons (Fsp3) is 0.471. The molecule has 0 saturated carbocycles. The number of anilines is 1. The van der Waals surface area contributed by atoms with Crippen LogP contribution in [0, 0.1) is 6.92 Å². The molecule has 1 aliphatic rings. The van der Waals surface area contributed by atoms with Crippen LogP contribution in [0.2, 0.25) is 0 Å².